The Morgan fingerprint density at radius 2 is 1.97 bits per heavy atom. The van der Waals surface area contributed by atoms with Crippen LogP contribution in [0.4, 0.5) is 0 Å². The summed E-state index contributed by atoms with van der Waals surface area (Å²) in [7, 11) is -3.58. The first-order valence-corrected chi connectivity index (χ1v) is 11.7. The van der Waals surface area contributed by atoms with Gasteiger partial charge in [0.25, 0.3) is 0 Å². The van der Waals surface area contributed by atoms with Gasteiger partial charge in [-0.3, -0.25) is 0 Å². The Hall–Kier alpha value is -1.74. The van der Waals surface area contributed by atoms with Crippen molar-refractivity contribution in [3.8, 4) is 0 Å². The molecule has 1 fully saturated rings. The lowest BCUT2D eigenvalue weighted by Crippen LogP contribution is -2.41. The molecule has 4 unspecified atom stereocenters. The van der Waals surface area contributed by atoms with E-state index in [9.17, 15) is 23.4 Å². The SMILES string of the molecule is CCCCC=CC(=O)OC1C(O)CC(O)C1CNS(=O)(=O)CCc1ccccc1. The summed E-state index contributed by atoms with van der Waals surface area (Å²) in [6.07, 6.45) is 3.22. The van der Waals surface area contributed by atoms with E-state index < -0.39 is 40.2 Å². The van der Waals surface area contributed by atoms with Gasteiger partial charge in [0.1, 0.15) is 6.10 Å². The molecule has 29 heavy (non-hydrogen) atoms. The third-order valence-electron chi connectivity index (χ3n) is 5.05. The highest BCUT2D eigenvalue weighted by atomic mass is 32.2. The van der Waals surface area contributed by atoms with E-state index in [1.54, 1.807) is 6.08 Å². The summed E-state index contributed by atoms with van der Waals surface area (Å²) in [5, 5.41) is 20.3. The number of aliphatic hydroxyl groups excluding tert-OH is 2. The highest BCUT2D eigenvalue weighted by Crippen LogP contribution is 2.29. The zero-order valence-electron chi connectivity index (χ0n) is 16.7. The highest BCUT2D eigenvalue weighted by Gasteiger charge is 2.44. The molecule has 8 heteroatoms. The maximum absolute atomic E-state index is 12.3. The predicted octanol–water partition coefficient (Wildman–Crippen LogP) is 1.55. The van der Waals surface area contributed by atoms with Crippen LogP contribution in [-0.4, -0.2) is 55.2 Å². The topological polar surface area (TPSA) is 113 Å². The highest BCUT2D eigenvalue weighted by molar-refractivity contribution is 7.89. The minimum Gasteiger partial charge on any atom is -0.456 e. The van der Waals surface area contributed by atoms with Crippen molar-refractivity contribution in [3.63, 3.8) is 0 Å². The molecule has 1 aliphatic carbocycles. The summed E-state index contributed by atoms with van der Waals surface area (Å²) >= 11 is 0. The van der Waals surface area contributed by atoms with Gasteiger partial charge in [0.2, 0.25) is 10.0 Å². The summed E-state index contributed by atoms with van der Waals surface area (Å²) < 4.78 is 32.4. The molecule has 1 saturated carbocycles. The Labute approximate surface area is 172 Å². The minimum absolute atomic E-state index is 0.0356. The van der Waals surface area contributed by atoms with Crippen LogP contribution in [0.25, 0.3) is 0 Å². The molecular formula is C21H31NO6S. The van der Waals surface area contributed by atoms with Gasteiger partial charge in [-0.15, -0.1) is 0 Å². The lowest BCUT2D eigenvalue weighted by molar-refractivity contribution is -0.150. The quantitative estimate of drug-likeness (QED) is 0.282. The molecular weight excluding hydrogens is 394 g/mol. The number of benzene rings is 1. The van der Waals surface area contributed by atoms with E-state index >= 15 is 0 Å². The summed E-state index contributed by atoms with van der Waals surface area (Å²) in [6, 6.07) is 9.28. The summed E-state index contributed by atoms with van der Waals surface area (Å²) in [4.78, 5) is 12.0. The summed E-state index contributed by atoms with van der Waals surface area (Å²) in [5.41, 5.74) is 0.913. The first-order chi connectivity index (χ1) is 13.8. The third kappa shape index (κ3) is 7.89. The van der Waals surface area contributed by atoms with E-state index in [4.69, 9.17) is 4.74 Å². The second-order valence-corrected chi connectivity index (χ2v) is 9.31. The first kappa shape index (κ1) is 23.5. The summed E-state index contributed by atoms with van der Waals surface area (Å²) in [6.45, 7) is 1.95. The Kier molecular flexibility index (Phi) is 9.29. The van der Waals surface area contributed by atoms with Crippen molar-refractivity contribution in [2.45, 2.75) is 57.3 Å². The molecule has 0 heterocycles. The van der Waals surface area contributed by atoms with Crippen molar-refractivity contribution in [2.75, 3.05) is 12.3 Å². The monoisotopic (exact) mass is 425 g/mol. The fourth-order valence-corrected chi connectivity index (χ4v) is 4.44. The minimum atomic E-state index is -3.58. The van der Waals surface area contributed by atoms with Gasteiger partial charge in [0.15, 0.2) is 0 Å². The smallest absolute Gasteiger partial charge is 0.330 e. The van der Waals surface area contributed by atoms with Crippen LogP contribution >= 0.6 is 0 Å². The number of esters is 1. The van der Waals surface area contributed by atoms with Crippen LogP contribution in [0.15, 0.2) is 42.5 Å². The molecule has 0 aromatic heterocycles. The second kappa shape index (κ2) is 11.4. The lowest BCUT2D eigenvalue weighted by atomic mass is 10.0. The lowest BCUT2D eigenvalue weighted by Gasteiger charge is -2.23. The van der Waals surface area contributed by atoms with Gasteiger partial charge in [0.05, 0.1) is 18.0 Å². The Morgan fingerprint density at radius 3 is 2.66 bits per heavy atom. The molecule has 0 aliphatic heterocycles. The van der Waals surface area contributed by atoms with Gasteiger partial charge in [-0.05, 0) is 18.4 Å². The molecule has 1 aromatic carbocycles. The first-order valence-electron chi connectivity index (χ1n) is 10.1. The molecule has 4 atom stereocenters. The van der Waals surface area contributed by atoms with Gasteiger partial charge in [-0.25, -0.2) is 17.9 Å². The van der Waals surface area contributed by atoms with E-state index in [1.807, 2.05) is 37.3 Å². The standard InChI is InChI=1S/C21H31NO6S/c1-2-3-4-8-11-20(25)28-21-17(18(23)14-19(21)24)15-22-29(26,27)13-12-16-9-6-5-7-10-16/h5-11,17-19,21-24H,2-4,12-15H2,1H3. The molecule has 1 aromatic rings. The van der Waals surface area contributed by atoms with Crippen molar-refractivity contribution >= 4 is 16.0 Å². The molecule has 3 N–H and O–H groups in total. The van der Waals surface area contributed by atoms with Crippen molar-refractivity contribution in [2.24, 2.45) is 5.92 Å². The molecule has 0 radical (unpaired) electrons. The number of hydrogen-bond acceptors (Lipinski definition) is 6. The van der Waals surface area contributed by atoms with Gasteiger partial charge >= 0.3 is 5.97 Å². The van der Waals surface area contributed by atoms with Crippen LogP contribution < -0.4 is 4.72 Å². The number of rotatable bonds is 11. The van der Waals surface area contributed by atoms with Gasteiger partial charge in [-0.2, -0.15) is 0 Å². The van der Waals surface area contributed by atoms with Crippen LogP contribution in [0.5, 0.6) is 0 Å². The maximum Gasteiger partial charge on any atom is 0.330 e. The van der Waals surface area contributed by atoms with E-state index in [1.165, 1.54) is 6.08 Å². The second-order valence-electron chi connectivity index (χ2n) is 7.38. The van der Waals surface area contributed by atoms with E-state index in [0.29, 0.717) is 6.42 Å². The van der Waals surface area contributed by atoms with Crippen LogP contribution in [0, 0.1) is 5.92 Å². The number of aryl methyl sites for hydroxylation is 1. The number of unbranched alkanes of at least 4 members (excludes halogenated alkanes) is 2. The molecule has 0 spiro atoms. The number of sulfonamides is 1. The molecule has 0 amide bonds. The number of aliphatic hydroxyl groups is 2. The van der Waals surface area contributed by atoms with E-state index in [2.05, 4.69) is 4.72 Å². The molecule has 0 bridgehead atoms. The zero-order chi connectivity index (χ0) is 21.3. The number of allylic oxidation sites excluding steroid dienone is 1. The zero-order valence-corrected chi connectivity index (χ0v) is 17.6. The average Bonchev–Trinajstić information content (AvgIpc) is 2.95. The van der Waals surface area contributed by atoms with E-state index in [-0.39, 0.29) is 18.7 Å². The maximum atomic E-state index is 12.3. The molecule has 7 nitrogen and oxygen atoms in total. The molecule has 2 rings (SSSR count). The third-order valence-corrected chi connectivity index (χ3v) is 6.40. The normalized spacial score (nSPS) is 24.8. The Morgan fingerprint density at radius 1 is 1.24 bits per heavy atom. The van der Waals surface area contributed by atoms with Crippen molar-refractivity contribution in [3.05, 3.63) is 48.0 Å². The number of hydrogen-bond donors (Lipinski definition) is 3. The Bertz CT molecular complexity index is 765. The largest absolute Gasteiger partial charge is 0.456 e. The van der Waals surface area contributed by atoms with Crippen LogP contribution in [0.2, 0.25) is 0 Å². The molecule has 1 aliphatic rings. The van der Waals surface area contributed by atoms with Crippen LogP contribution in [0.3, 0.4) is 0 Å². The fraction of sp³-hybridized carbons (Fsp3) is 0.571. The van der Waals surface area contributed by atoms with Gasteiger partial charge < -0.3 is 14.9 Å². The van der Waals surface area contributed by atoms with E-state index in [0.717, 1.165) is 24.8 Å². The summed E-state index contributed by atoms with van der Waals surface area (Å²) in [5.74, 6) is -1.40. The van der Waals surface area contributed by atoms with Crippen molar-refractivity contribution in [1.29, 1.82) is 0 Å². The average molecular weight is 426 g/mol. The number of carbonyl (C=O) groups is 1. The van der Waals surface area contributed by atoms with Gasteiger partial charge in [-0.1, -0.05) is 56.2 Å². The number of nitrogens with one attached hydrogen (secondary N) is 1. The number of carbonyl (C=O) groups excluding carboxylic acids is 1. The predicted molar refractivity (Wildman–Crippen MR) is 111 cm³/mol. The Balaban J connectivity index is 1.89. The van der Waals surface area contributed by atoms with Gasteiger partial charge in [0, 0.05) is 25.0 Å². The van der Waals surface area contributed by atoms with Crippen LogP contribution in [0.1, 0.15) is 38.2 Å². The molecule has 0 saturated heterocycles. The number of ether oxygens (including phenoxy) is 1. The van der Waals surface area contributed by atoms with Crippen molar-refractivity contribution in [1.82, 2.24) is 4.72 Å². The molecule has 162 valence electrons. The fourth-order valence-electron chi connectivity index (χ4n) is 3.35. The van der Waals surface area contributed by atoms with Crippen LogP contribution in [-0.2, 0) is 26.0 Å². The van der Waals surface area contributed by atoms with Crippen molar-refractivity contribution < 1.29 is 28.2 Å².